The Morgan fingerprint density at radius 2 is 1.64 bits per heavy atom. The smallest absolute Gasteiger partial charge is 0.230 e. The Balaban J connectivity index is 1.77. The highest BCUT2D eigenvalue weighted by Crippen LogP contribution is 2.21. The minimum absolute atomic E-state index is 0.0699. The van der Waals surface area contributed by atoms with Crippen molar-refractivity contribution in [3.63, 3.8) is 0 Å². The van der Waals surface area contributed by atoms with Gasteiger partial charge in [0, 0.05) is 18.0 Å². The minimum Gasteiger partial charge on any atom is -0.351 e. The molecule has 0 aliphatic heterocycles. The summed E-state index contributed by atoms with van der Waals surface area (Å²) in [6.45, 7) is 10.1. The van der Waals surface area contributed by atoms with E-state index in [1.165, 1.54) is 16.0 Å². The van der Waals surface area contributed by atoms with Crippen molar-refractivity contribution in [2.45, 2.75) is 38.8 Å². The van der Waals surface area contributed by atoms with E-state index in [9.17, 15) is 4.79 Å². The molecule has 0 spiro atoms. The van der Waals surface area contributed by atoms with Crippen molar-refractivity contribution < 1.29 is 4.79 Å². The number of nitrogens with one attached hydrogen (secondary N) is 1. The molecule has 0 atom stereocenters. The number of hydrogen-bond donors (Lipinski definition) is 1. The highest BCUT2D eigenvalue weighted by atomic mass is 32.2. The summed E-state index contributed by atoms with van der Waals surface area (Å²) in [4.78, 5) is 15.6. The van der Waals surface area contributed by atoms with Crippen LogP contribution >= 0.6 is 11.8 Å². The van der Waals surface area contributed by atoms with Gasteiger partial charge in [0.1, 0.15) is 0 Å². The molecule has 0 unspecified atom stereocenters. The van der Waals surface area contributed by atoms with Crippen LogP contribution in [0, 0.1) is 6.92 Å². The van der Waals surface area contributed by atoms with E-state index in [-0.39, 0.29) is 5.91 Å². The lowest BCUT2D eigenvalue weighted by Gasteiger charge is -2.18. The van der Waals surface area contributed by atoms with E-state index in [2.05, 4.69) is 67.4 Å². The molecule has 2 aromatic rings. The maximum absolute atomic E-state index is 12.1. The highest BCUT2D eigenvalue weighted by molar-refractivity contribution is 8.00. The zero-order valence-electron chi connectivity index (χ0n) is 15.4. The Labute approximate surface area is 155 Å². The molecule has 2 rings (SSSR count). The molecule has 0 radical (unpaired) electrons. The van der Waals surface area contributed by atoms with E-state index in [1.807, 2.05) is 12.1 Å². The van der Waals surface area contributed by atoms with E-state index in [1.54, 1.807) is 11.8 Å². The van der Waals surface area contributed by atoms with Crippen LogP contribution in [0.1, 0.15) is 30.5 Å². The molecule has 2 aromatic carbocycles. The van der Waals surface area contributed by atoms with Crippen molar-refractivity contribution in [3.8, 4) is 0 Å². The summed E-state index contributed by atoms with van der Waals surface area (Å²) in [5.74, 6) is 0.519. The number of carbonyl (C=O) groups is 1. The second kappa shape index (κ2) is 10.3. The summed E-state index contributed by atoms with van der Waals surface area (Å²) >= 11 is 1.59. The number of thioether (sulfide) groups is 1. The average molecular weight is 357 g/mol. The van der Waals surface area contributed by atoms with Crippen LogP contribution in [0.25, 0.3) is 0 Å². The van der Waals surface area contributed by atoms with E-state index < -0.39 is 0 Å². The lowest BCUT2D eigenvalue weighted by atomic mass is 10.1. The van der Waals surface area contributed by atoms with Gasteiger partial charge in [-0.25, -0.2) is 0 Å². The molecule has 3 nitrogen and oxygen atoms in total. The minimum atomic E-state index is 0.0699. The summed E-state index contributed by atoms with van der Waals surface area (Å²) < 4.78 is 0. The molecule has 1 N–H and O–H groups in total. The van der Waals surface area contributed by atoms with Crippen molar-refractivity contribution >= 4 is 17.7 Å². The van der Waals surface area contributed by atoms with Gasteiger partial charge >= 0.3 is 0 Å². The molecule has 0 saturated heterocycles. The summed E-state index contributed by atoms with van der Waals surface area (Å²) in [5.41, 5.74) is 3.66. The second-order valence-corrected chi connectivity index (χ2v) is 7.13. The van der Waals surface area contributed by atoms with Gasteiger partial charge in [0.2, 0.25) is 5.91 Å². The number of rotatable bonds is 9. The molecule has 1 amide bonds. The summed E-state index contributed by atoms with van der Waals surface area (Å²) in [6.07, 6.45) is 0. The fourth-order valence-corrected chi connectivity index (χ4v) is 3.44. The van der Waals surface area contributed by atoms with Gasteiger partial charge in [-0.2, -0.15) is 0 Å². The first-order valence-electron chi connectivity index (χ1n) is 8.87. The van der Waals surface area contributed by atoms with Crippen LogP contribution in [0.4, 0.5) is 0 Å². The van der Waals surface area contributed by atoms with Crippen molar-refractivity contribution in [1.82, 2.24) is 10.2 Å². The summed E-state index contributed by atoms with van der Waals surface area (Å²) in [6, 6.07) is 16.7. The molecule has 0 aliphatic carbocycles. The number of aryl methyl sites for hydroxylation is 1. The monoisotopic (exact) mass is 356 g/mol. The Bertz CT molecular complexity index is 666. The average Bonchev–Trinajstić information content (AvgIpc) is 2.64. The second-order valence-electron chi connectivity index (χ2n) is 6.11. The first-order valence-corrected chi connectivity index (χ1v) is 9.86. The Morgan fingerprint density at radius 3 is 2.28 bits per heavy atom. The van der Waals surface area contributed by atoms with Crippen molar-refractivity contribution in [2.75, 3.05) is 18.8 Å². The number of benzene rings is 2. The van der Waals surface area contributed by atoms with Gasteiger partial charge in [-0.15, -0.1) is 11.8 Å². The van der Waals surface area contributed by atoms with Gasteiger partial charge < -0.3 is 5.32 Å². The maximum Gasteiger partial charge on any atom is 0.230 e. The predicted octanol–water partition coefficient (Wildman–Crippen LogP) is 4.25. The van der Waals surface area contributed by atoms with Crippen LogP contribution in [-0.4, -0.2) is 29.6 Å². The predicted molar refractivity (Wildman–Crippen MR) is 107 cm³/mol. The molecule has 0 heterocycles. The van der Waals surface area contributed by atoms with Crippen LogP contribution < -0.4 is 5.32 Å². The molecule has 0 aromatic heterocycles. The number of nitrogens with zero attached hydrogens (tertiary/aromatic N) is 1. The molecule has 4 heteroatoms. The first-order chi connectivity index (χ1) is 12.1. The van der Waals surface area contributed by atoms with E-state index >= 15 is 0 Å². The Hall–Kier alpha value is -1.78. The molecule has 0 saturated carbocycles. The lowest BCUT2D eigenvalue weighted by Crippen LogP contribution is -2.24. The molecule has 0 aliphatic rings. The molecule has 134 valence electrons. The largest absolute Gasteiger partial charge is 0.351 e. The SMILES string of the molecule is CCN(CC)Cc1ccc(CNC(=O)CSc2ccccc2C)cc1. The van der Waals surface area contributed by atoms with Crippen LogP contribution in [0.5, 0.6) is 0 Å². The van der Waals surface area contributed by atoms with Gasteiger partial charge in [-0.3, -0.25) is 9.69 Å². The van der Waals surface area contributed by atoms with Gasteiger partial charge in [-0.1, -0.05) is 56.3 Å². The van der Waals surface area contributed by atoms with Crippen molar-refractivity contribution in [1.29, 1.82) is 0 Å². The molecule has 0 bridgehead atoms. The fraction of sp³-hybridized carbons (Fsp3) is 0.381. The van der Waals surface area contributed by atoms with E-state index in [0.717, 1.165) is 25.2 Å². The zero-order chi connectivity index (χ0) is 18.1. The van der Waals surface area contributed by atoms with Gasteiger partial charge in [0.15, 0.2) is 0 Å². The van der Waals surface area contributed by atoms with Gasteiger partial charge in [-0.05, 0) is 42.8 Å². The zero-order valence-corrected chi connectivity index (χ0v) is 16.2. The van der Waals surface area contributed by atoms with Crippen LogP contribution in [0.3, 0.4) is 0 Å². The van der Waals surface area contributed by atoms with Crippen LogP contribution in [0.2, 0.25) is 0 Å². The third-order valence-electron chi connectivity index (χ3n) is 4.27. The highest BCUT2D eigenvalue weighted by Gasteiger charge is 2.05. The lowest BCUT2D eigenvalue weighted by molar-refractivity contribution is -0.118. The van der Waals surface area contributed by atoms with Crippen molar-refractivity contribution in [2.24, 2.45) is 0 Å². The Kier molecular flexibility index (Phi) is 8.02. The topological polar surface area (TPSA) is 32.3 Å². The standard InChI is InChI=1S/C21H28N2OS/c1-4-23(5-2)15-19-12-10-18(11-13-19)14-22-21(24)16-25-20-9-7-6-8-17(20)3/h6-13H,4-5,14-16H2,1-3H3,(H,22,24). The molecule has 0 fully saturated rings. The van der Waals surface area contributed by atoms with E-state index in [4.69, 9.17) is 0 Å². The van der Waals surface area contributed by atoms with Crippen LogP contribution in [0.15, 0.2) is 53.4 Å². The van der Waals surface area contributed by atoms with E-state index in [0.29, 0.717) is 12.3 Å². The number of amides is 1. The summed E-state index contributed by atoms with van der Waals surface area (Å²) in [7, 11) is 0. The Morgan fingerprint density at radius 1 is 1.00 bits per heavy atom. The molecular formula is C21H28N2OS. The normalized spacial score (nSPS) is 10.9. The van der Waals surface area contributed by atoms with Crippen LogP contribution in [-0.2, 0) is 17.9 Å². The quantitative estimate of drug-likeness (QED) is 0.682. The summed E-state index contributed by atoms with van der Waals surface area (Å²) in [5, 5.41) is 3.00. The number of hydrogen-bond acceptors (Lipinski definition) is 3. The first kappa shape index (κ1) is 19.5. The third kappa shape index (κ3) is 6.56. The van der Waals surface area contributed by atoms with Crippen molar-refractivity contribution in [3.05, 3.63) is 65.2 Å². The third-order valence-corrected chi connectivity index (χ3v) is 5.44. The molecule has 25 heavy (non-hydrogen) atoms. The maximum atomic E-state index is 12.1. The fourth-order valence-electron chi connectivity index (χ4n) is 2.58. The number of carbonyl (C=O) groups excluding carboxylic acids is 1. The van der Waals surface area contributed by atoms with Gasteiger partial charge in [0.05, 0.1) is 5.75 Å². The molecular weight excluding hydrogens is 328 g/mol. The van der Waals surface area contributed by atoms with Gasteiger partial charge in [0.25, 0.3) is 0 Å².